The normalized spacial score (nSPS) is 12.4. The first-order chi connectivity index (χ1) is 17.3. The van der Waals surface area contributed by atoms with Gasteiger partial charge in [0.1, 0.15) is 18.7 Å². The molecule has 0 fully saturated rings. The number of ether oxygens (including phenoxy) is 1. The third-order valence-electron chi connectivity index (χ3n) is 5.64. The van der Waals surface area contributed by atoms with Crippen molar-refractivity contribution < 1.29 is 24.2 Å². The van der Waals surface area contributed by atoms with Crippen molar-refractivity contribution in [2.24, 2.45) is 5.92 Å². The molecule has 3 aromatic carbocycles. The fraction of sp³-hybridized carbons (Fsp3) is 0.276. The maximum Gasteiger partial charge on any atom is 0.408 e. The highest BCUT2D eigenvalue weighted by Crippen LogP contribution is 2.20. The van der Waals surface area contributed by atoms with Crippen molar-refractivity contribution in [2.45, 2.75) is 45.4 Å². The predicted octanol–water partition coefficient (Wildman–Crippen LogP) is 4.81. The van der Waals surface area contributed by atoms with Crippen LogP contribution in [0, 0.1) is 5.92 Å². The van der Waals surface area contributed by atoms with Gasteiger partial charge in [-0.3, -0.25) is 4.79 Å². The lowest BCUT2D eigenvalue weighted by Gasteiger charge is -2.22. The van der Waals surface area contributed by atoms with Gasteiger partial charge in [-0.1, -0.05) is 98.8 Å². The van der Waals surface area contributed by atoms with E-state index in [1.54, 1.807) is 0 Å². The summed E-state index contributed by atoms with van der Waals surface area (Å²) in [4.78, 5) is 37.3. The first kappa shape index (κ1) is 26.5. The maximum absolute atomic E-state index is 13.0. The van der Waals surface area contributed by atoms with Gasteiger partial charge in [0.15, 0.2) is 0 Å². The molecule has 7 heteroatoms. The Morgan fingerprint density at radius 2 is 1.33 bits per heavy atom. The Morgan fingerprint density at radius 1 is 0.750 bits per heavy atom. The zero-order valence-corrected chi connectivity index (χ0v) is 20.5. The van der Waals surface area contributed by atoms with E-state index in [1.165, 1.54) is 0 Å². The van der Waals surface area contributed by atoms with Crippen LogP contribution in [0.4, 0.5) is 4.79 Å². The summed E-state index contributed by atoms with van der Waals surface area (Å²) in [6, 6.07) is 24.6. The molecule has 0 saturated heterocycles. The Balaban J connectivity index is 1.61. The molecule has 0 heterocycles. The third-order valence-corrected chi connectivity index (χ3v) is 5.64. The summed E-state index contributed by atoms with van der Waals surface area (Å²) in [5.41, 5.74) is 3.68. The minimum atomic E-state index is -1.15. The number of hydrogen-bond donors (Lipinski definition) is 3. The number of carbonyl (C=O) groups is 3. The van der Waals surface area contributed by atoms with Crippen LogP contribution in [0.3, 0.4) is 0 Å². The molecule has 3 aromatic rings. The fourth-order valence-corrected chi connectivity index (χ4v) is 3.78. The summed E-state index contributed by atoms with van der Waals surface area (Å²) in [5.74, 6) is -1.62. The number of hydrogen-bond acceptors (Lipinski definition) is 4. The molecule has 0 saturated carbocycles. The number of carboxylic acid groups (broad SMARTS) is 1. The van der Waals surface area contributed by atoms with Gasteiger partial charge in [0.05, 0.1) is 0 Å². The first-order valence-electron chi connectivity index (χ1n) is 12.0. The minimum Gasteiger partial charge on any atom is -0.480 e. The molecule has 3 N–H and O–H groups in total. The van der Waals surface area contributed by atoms with Crippen molar-refractivity contribution in [3.05, 3.63) is 96.1 Å². The largest absolute Gasteiger partial charge is 0.480 e. The Hall–Kier alpha value is -4.13. The number of alkyl carbamates (subject to hydrolysis) is 1. The van der Waals surface area contributed by atoms with Crippen LogP contribution >= 0.6 is 0 Å². The predicted molar refractivity (Wildman–Crippen MR) is 138 cm³/mol. The number of nitrogens with one attached hydrogen (secondary N) is 2. The van der Waals surface area contributed by atoms with E-state index in [9.17, 15) is 19.5 Å². The fourth-order valence-electron chi connectivity index (χ4n) is 3.78. The average molecular weight is 489 g/mol. The molecule has 0 aromatic heterocycles. The smallest absolute Gasteiger partial charge is 0.408 e. The third kappa shape index (κ3) is 8.27. The zero-order chi connectivity index (χ0) is 25.9. The molecule has 3 rings (SSSR count). The molecule has 0 aliphatic rings. The number of carbonyl (C=O) groups excluding carboxylic acids is 2. The number of aliphatic carboxylic acids is 1. The lowest BCUT2D eigenvalue weighted by molar-refractivity contribution is -0.142. The Morgan fingerprint density at radius 3 is 1.92 bits per heavy atom. The van der Waals surface area contributed by atoms with Crippen molar-refractivity contribution in [3.63, 3.8) is 0 Å². The first-order valence-corrected chi connectivity index (χ1v) is 12.0. The topological polar surface area (TPSA) is 105 Å². The second kappa shape index (κ2) is 13.1. The van der Waals surface area contributed by atoms with Crippen LogP contribution in [-0.4, -0.2) is 35.2 Å². The second-order valence-corrected chi connectivity index (χ2v) is 9.05. The van der Waals surface area contributed by atoms with Gasteiger partial charge >= 0.3 is 12.1 Å². The van der Waals surface area contributed by atoms with E-state index in [-0.39, 0.29) is 18.9 Å². The Bertz CT molecular complexity index is 1130. The van der Waals surface area contributed by atoms with E-state index in [1.807, 2.05) is 98.8 Å². The molecule has 0 aliphatic heterocycles. The lowest BCUT2D eigenvalue weighted by Crippen LogP contribution is -2.52. The number of rotatable bonds is 11. The van der Waals surface area contributed by atoms with E-state index in [2.05, 4.69) is 10.6 Å². The molecule has 0 radical (unpaired) electrons. The molecular formula is C29H32N2O5. The highest BCUT2D eigenvalue weighted by atomic mass is 16.5. The van der Waals surface area contributed by atoms with E-state index < -0.39 is 30.1 Å². The number of amides is 2. The lowest BCUT2D eigenvalue weighted by atomic mass is 9.99. The summed E-state index contributed by atoms with van der Waals surface area (Å²) in [7, 11) is 0. The molecule has 0 spiro atoms. The van der Waals surface area contributed by atoms with E-state index in [4.69, 9.17) is 4.74 Å². The number of carboxylic acids is 1. The quantitative estimate of drug-likeness (QED) is 0.359. The van der Waals surface area contributed by atoms with Crippen molar-refractivity contribution in [3.8, 4) is 11.1 Å². The standard InChI is InChI=1S/C29H32N2O5/c1-20(2)17-25(31-29(35)36-19-22-9-5-3-6-10-22)27(32)30-26(28(33)34)18-21-13-15-24(16-14-21)23-11-7-4-8-12-23/h3-16,20,25-26H,17-19H2,1-2H3,(H,30,32)(H,31,35)(H,33,34)/t25-,26-/m0/s1. The van der Waals surface area contributed by atoms with Crippen LogP contribution < -0.4 is 10.6 Å². The maximum atomic E-state index is 13.0. The summed E-state index contributed by atoms with van der Waals surface area (Å²) in [6.45, 7) is 3.90. The van der Waals surface area contributed by atoms with E-state index in [0.29, 0.717) is 6.42 Å². The van der Waals surface area contributed by atoms with Crippen LogP contribution in [0.15, 0.2) is 84.9 Å². The van der Waals surface area contributed by atoms with Crippen LogP contribution in [-0.2, 0) is 27.4 Å². The Kier molecular flexibility index (Phi) is 9.63. The van der Waals surface area contributed by atoms with Crippen LogP contribution in [0.1, 0.15) is 31.4 Å². The van der Waals surface area contributed by atoms with Gasteiger partial charge in [0.25, 0.3) is 0 Å². The van der Waals surface area contributed by atoms with Gasteiger partial charge in [0, 0.05) is 6.42 Å². The highest BCUT2D eigenvalue weighted by molar-refractivity contribution is 5.89. The molecule has 0 unspecified atom stereocenters. The Labute approximate surface area is 211 Å². The molecule has 188 valence electrons. The summed E-state index contributed by atoms with van der Waals surface area (Å²) >= 11 is 0. The second-order valence-electron chi connectivity index (χ2n) is 9.05. The molecule has 0 bridgehead atoms. The van der Waals surface area contributed by atoms with Crippen LogP contribution in [0.5, 0.6) is 0 Å². The van der Waals surface area contributed by atoms with Crippen molar-refractivity contribution >= 4 is 18.0 Å². The summed E-state index contributed by atoms with van der Waals surface area (Å²) < 4.78 is 5.24. The molecule has 2 amide bonds. The van der Waals surface area contributed by atoms with E-state index >= 15 is 0 Å². The van der Waals surface area contributed by atoms with Crippen LogP contribution in [0.2, 0.25) is 0 Å². The molecule has 2 atom stereocenters. The minimum absolute atomic E-state index is 0.0689. The molecule has 7 nitrogen and oxygen atoms in total. The van der Waals surface area contributed by atoms with Crippen molar-refractivity contribution in [1.82, 2.24) is 10.6 Å². The van der Waals surface area contributed by atoms with Crippen LogP contribution in [0.25, 0.3) is 11.1 Å². The van der Waals surface area contributed by atoms with E-state index in [0.717, 1.165) is 22.3 Å². The van der Waals surface area contributed by atoms with Gasteiger partial charge in [0.2, 0.25) is 5.91 Å². The van der Waals surface area contributed by atoms with Gasteiger partial charge in [-0.25, -0.2) is 9.59 Å². The number of benzene rings is 3. The molecule has 0 aliphatic carbocycles. The summed E-state index contributed by atoms with van der Waals surface area (Å²) in [6.07, 6.45) is -0.282. The van der Waals surface area contributed by atoms with Gasteiger partial charge in [-0.15, -0.1) is 0 Å². The zero-order valence-electron chi connectivity index (χ0n) is 20.5. The SMILES string of the molecule is CC(C)C[C@H](NC(=O)OCc1ccccc1)C(=O)N[C@@H](Cc1ccc(-c2ccccc2)cc1)C(=O)O. The van der Waals surface area contributed by atoms with Crippen molar-refractivity contribution in [1.29, 1.82) is 0 Å². The monoisotopic (exact) mass is 488 g/mol. The molecular weight excluding hydrogens is 456 g/mol. The summed E-state index contributed by atoms with van der Waals surface area (Å²) in [5, 5.41) is 14.9. The van der Waals surface area contributed by atoms with Gasteiger partial charge < -0.3 is 20.5 Å². The van der Waals surface area contributed by atoms with Crippen molar-refractivity contribution in [2.75, 3.05) is 0 Å². The highest BCUT2D eigenvalue weighted by Gasteiger charge is 2.27. The van der Waals surface area contributed by atoms with Gasteiger partial charge in [-0.2, -0.15) is 0 Å². The van der Waals surface area contributed by atoms with Gasteiger partial charge in [-0.05, 0) is 34.6 Å². The average Bonchev–Trinajstić information content (AvgIpc) is 2.88. The molecule has 36 heavy (non-hydrogen) atoms.